The summed E-state index contributed by atoms with van der Waals surface area (Å²) in [5.74, 6) is 0.823. The van der Waals surface area contributed by atoms with Crippen LogP contribution >= 0.6 is 0 Å². The molecule has 0 saturated carbocycles. The maximum atomic E-state index is 13.9. The summed E-state index contributed by atoms with van der Waals surface area (Å²) in [5.41, 5.74) is 7.01. The van der Waals surface area contributed by atoms with Crippen LogP contribution in [0.5, 0.6) is 11.5 Å². The van der Waals surface area contributed by atoms with Crippen LogP contribution in [0.25, 0.3) is 0 Å². The van der Waals surface area contributed by atoms with E-state index in [0.29, 0.717) is 23.5 Å². The Balaban J connectivity index is 2.35. The first kappa shape index (κ1) is 13.5. The smallest absolute Gasteiger partial charge is 0.148 e. The molecule has 0 aliphatic heterocycles. The number of aryl methyl sites for hydroxylation is 1. The number of benzene rings is 1. The molecule has 1 aromatic carbocycles. The Morgan fingerprint density at radius 1 is 1.26 bits per heavy atom. The normalized spacial score (nSPS) is 12.2. The fourth-order valence-corrected chi connectivity index (χ4v) is 1.85. The minimum Gasteiger partial charge on any atom is -0.455 e. The van der Waals surface area contributed by atoms with Gasteiger partial charge in [0.25, 0.3) is 0 Å². The highest BCUT2D eigenvalue weighted by Gasteiger charge is 2.13. The number of nitrogens with zero attached hydrogens (tertiary/aromatic N) is 1. The van der Waals surface area contributed by atoms with Gasteiger partial charge in [0, 0.05) is 17.8 Å². The van der Waals surface area contributed by atoms with Crippen LogP contribution in [0.3, 0.4) is 0 Å². The van der Waals surface area contributed by atoms with Gasteiger partial charge in [-0.1, -0.05) is 6.07 Å². The molecule has 1 unspecified atom stereocenters. The van der Waals surface area contributed by atoms with Crippen LogP contribution in [0.4, 0.5) is 4.39 Å². The van der Waals surface area contributed by atoms with E-state index in [2.05, 4.69) is 4.98 Å². The van der Waals surface area contributed by atoms with Crippen LogP contribution in [0.1, 0.15) is 18.2 Å². The maximum absolute atomic E-state index is 13.9. The fourth-order valence-electron chi connectivity index (χ4n) is 1.85. The summed E-state index contributed by atoms with van der Waals surface area (Å²) in [6.45, 7) is 3.69. The maximum Gasteiger partial charge on any atom is 0.148 e. The van der Waals surface area contributed by atoms with Crippen LogP contribution in [0.15, 0.2) is 36.5 Å². The Morgan fingerprint density at radius 3 is 2.68 bits per heavy atom. The molecule has 0 saturated heterocycles. The zero-order valence-corrected chi connectivity index (χ0v) is 11.1. The van der Waals surface area contributed by atoms with Gasteiger partial charge in [0.2, 0.25) is 0 Å². The molecule has 0 aliphatic carbocycles. The summed E-state index contributed by atoms with van der Waals surface area (Å²) >= 11 is 0. The summed E-state index contributed by atoms with van der Waals surface area (Å²) in [7, 11) is 0. The number of halogens is 1. The Kier molecular flexibility index (Phi) is 4.12. The summed E-state index contributed by atoms with van der Waals surface area (Å²) in [5, 5.41) is 0. The Hall–Kier alpha value is -1.94. The standard InChI is InChI=1S/C15H17FN2O/c1-10(17)9-12-13(16)5-3-6-15(12)19-14-7-4-8-18-11(14)2/h3-8,10H,9,17H2,1-2H3. The van der Waals surface area contributed by atoms with E-state index >= 15 is 0 Å². The molecule has 1 heterocycles. The summed E-state index contributed by atoms with van der Waals surface area (Å²) < 4.78 is 19.6. The molecular formula is C15H17FN2O. The molecule has 1 atom stereocenters. The Labute approximate surface area is 112 Å². The lowest BCUT2D eigenvalue weighted by Gasteiger charge is -2.14. The van der Waals surface area contributed by atoms with Crippen molar-refractivity contribution < 1.29 is 9.13 Å². The van der Waals surface area contributed by atoms with Crippen molar-refractivity contribution in [2.45, 2.75) is 26.3 Å². The predicted octanol–water partition coefficient (Wildman–Crippen LogP) is 3.21. The Bertz CT molecular complexity index is 570. The number of hydrogen-bond donors (Lipinski definition) is 1. The van der Waals surface area contributed by atoms with Crippen LogP contribution in [-0.2, 0) is 6.42 Å². The van der Waals surface area contributed by atoms with Gasteiger partial charge in [-0.2, -0.15) is 0 Å². The topological polar surface area (TPSA) is 48.1 Å². The minimum atomic E-state index is -0.295. The van der Waals surface area contributed by atoms with Crippen LogP contribution in [-0.4, -0.2) is 11.0 Å². The van der Waals surface area contributed by atoms with E-state index in [0.717, 1.165) is 5.69 Å². The van der Waals surface area contributed by atoms with Gasteiger partial charge in [0.1, 0.15) is 17.3 Å². The molecular weight excluding hydrogens is 243 g/mol. The van der Waals surface area contributed by atoms with E-state index in [4.69, 9.17) is 10.5 Å². The first-order chi connectivity index (χ1) is 9.08. The molecule has 0 radical (unpaired) electrons. The van der Waals surface area contributed by atoms with Crippen molar-refractivity contribution in [1.82, 2.24) is 4.98 Å². The molecule has 1 aromatic heterocycles. The van der Waals surface area contributed by atoms with Crippen LogP contribution in [0, 0.1) is 12.7 Å². The van der Waals surface area contributed by atoms with Gasteiger partial charge in [0.05, 0.1) is 5.69 Å². The largest absolute Gasteiger partial charge is 0.455 e. The third-order valence-corrected chi connectivity index (χ3v) is 2.78. The molecule has 0 bridgehead atoms. The second kappa shape index (κ2) is 5.80. The average Bonchev–Trinajstić information content (AvgIpc) is 2.36. The van der Waals surface area contributed by atoms with Crippen molar-refractivity contribution in [2.75, 3.05) is 0 Å². The lowest BCUT2D eigenvalue weighted by molar-refractivity contribution is 0.458. The van der Waals surface area contributed by atoms with Crippen molar-refractivity contribution in [2.24, 2.45) is 5.73 Å². The van der Waals surface area contributed by atoms with Gasteiger partial charge in [-0.3, -0.25) is 4.98 Å². The van der Waals surface area contributed by atoms with Crippen LogP contribution < -0.4 is 10.5 Å². The molecule has 19 heavy (non-hydrogen) atoms. The highest BCUT2D eigenvalue weighted by molar-refractivity contribution is 5.40. The van der Waals surface area contributed by atoms with E-state index in [1.165, 1.54) is 6.07 Å². The molecule has 2 rings (SSSR count). The van der Waals surface area contributed by atoms with Gasteiger partial charge in [0.15, 0.2) is 0 Å². The molecule has 3 nitrogen and oxygen atoms in total. The average molecular weight is 260 g/mol. The molecule has 2 aromatic rings. The molecule has 100 valence electrons. The summed E-state index contributed by atoms with van der Waals surface area (Å²) in [6, 6.07) is 8.25. The van der Waals surface area contributed by atoms with Crippen molar-refractivity contribution >= 4 is 0 Å². The number of pyridine rings is 1. The summed E-state index contributed by atoms with van der Waals surface area (Å²) in [4.78, 5) is 4.14. The van der Waals surface area contributed by atoms with Gasteiger partial charge in [-0.15, -0.1) is 0 Å². The fraction of sp³-hybridized carbons (Fsp3) is 0.267. The lowest BCUT2D eigenvalue weighted by Crippen LogP contribution is -2.19. The Morgan fingerprint density at radius 2 is 2.00 bits per heavy atom. The molecule has 2 N–H and O–H groups in total. The highest BCUT2D eigenvalue weighted by Crippen LogP contribution is 2.29. The first-order valence-electron chi connectivity index (χ1n) is 6.20. The zero-order valence-electron chi connectivity index (χ0n) is 11.1. The molecule has 0 fully saturated rings. The zero-order chi connectivity index (χ0) is 13.8. The lowest BCUT2D eigenvalue weighted by atomic mass is 10.1. The number of aromatic nitrogens is 1. The van der Waals surface area contributed by atoms with E-state index in [1.807, 2.05) is 19.9 Å². The van der Waals surface area contributed by atoms with Crippen molar-refractivity contribution in [3.05, 3.63) is 53.6 Å². The van der Waals surface area contributed by atoms with Crippen LogP contribution in [0.2, 0.25) is 0 Å². The predicted molar refractivity (Wildman–Crippen MR) is 72.8 cm³/mol. The van der Waals surface area contributed by atoms with Crippen molar-refractivity contribution in [3.8, 4) is 11.5 Å². The third-order valence-electron chi connectivity index (χ3n) is 2.78. The first-order valence-corrected chi connectivity index (χ1v) is 6.20. The number of ether oxygens (including phenoxy) is 1. The number of hydrogen-bond acceptors (Lipinski definition) is 3. The van der Waals surface area contributed by atoms with Gasteiger partial charge < -0.3 is 10.5 Å². The molecule has 4 heteroatoms. The van der Waals surface area contributed by atoms with E-state index in [1.54, 1.807) is 24.4 Å². The second-order valence-corrected chi connectivity index (χ2v) is 4.59. The monoisotopic (exact) mass is 260 g/mol. The summed E-state index contributed by atoms with van der Waals surface area (Å²) in [6.07, 6.45) is 2.12. The second-order valence-electron chi connectivity index (χ2n) is 4.59. The van der Waals surface area contributed by atoms with Crippen molar-refractivity contribution in [1.29, 1.82) is 0 Å². The van der Waals surface area contributed by atoms with Gasteiger partial charge in [-0.05, 0) is 44.5 Å². The number of nitrogens with two attached hydrogens (primary N) is 1. The molecule has 0 spiro atoms. The SMILES string of the molecule is Cc1ncccc1Oc1cccc(F)c1CC(C)N. The van der Waals surface area contributed by atoms with Crippen molar-refractivity contribution in [3.63, 3.8) is 0 Å². The number of rotatable bonds is 4. The molecule has 0 amide bonds. The molecule has 0 aliphatic rings. The quantitative estimate of drug-likeness (QED) is 0.918. The third kappa shape index (κ3) is 3.29. The van der Waals surface area contributed by atoms with E-state index in [9.17, 15) is 4.39 Å². The van der Waals surface area contributed by atoms with E-state index < -0.39 is 0 Å². The minimum absolute atomic E-state index is 0.130. The van der Waals surface area contributed by atoms with Gasteiger partial charge >= 0.3 is 0 Å². The van der Waals surface area contributed by atoms with Gasteiger partial charge in [-0.25, -0.2) is 4.39 Å². The highest BCUT2D eigenvalue weighted by atomic mass is 19.1. The van der Waals surface area contributed by atoms with E-state index in [-0.39, 0.29) is 11.9 Å².